The maximum atomic E-state index is 10.1. The van der Waals surface area contributed by atoms with Gasteiger partial charge in [0.2, 0.25) is 6.79 Å². The maximum Gasteiger partial charge on any atom is 0.231 e. The molecule has 0 saturated heterocycles. The highest BCUT2D eigenvalue weighted by atomic mass is 35.5. The molecule has 2 heterocycles. The molecule has 1 aromatic heterocycles. The maximum absolute atomic E-state index is 10.1. The standard InChI is InChI=1S/C15H15Cl2NO3S.ClH/c16-10-6-14(22-15(10)17)11(19)7-18-4-3-9-1-2-12-13(5-9)21-8-20-12;/h1-2,5-6,11,18-19H,3-4,7-8H2;1H. The summed E-state index contributed by atoms with van der Waals surface area (Å²) >= 11 is 13.1. The highest BCUT2D eigenvalue weighted by Gasteiger charge is 2.14. The summed E-state index contributed by atoms with van der Waals surface area (Å²) < 4.78 is 11.1. The third-order valence-electron chi connectivity index (χ3n) is 3.36. The molecule has 8 heteroatoms. The van der Waals surface area contributed by atoms with E-state index in [1.54, 1.807) is 6.07 Å². The highest BCUT2D eigenvalue weighted by molar-refractivity contribution is 7.17. The first-order valence-corrected chi connectivity index (χ1v) is 8.43. The van der Waals surface area contributed by atoms with Gasteiger partial charge in [-0.05, 0) is 36.7 Å². The minimum Gasteiger partial charge on any atom is -0.454 e. The van der Waals surface area contributed by atoms with E-state index in [4.69, 9.17) is 32.7 Å². The summed E-state index contributed by atoms with van der Waals surface area (Å²) in [5.41, 5.74) is 1.16. The largest absolute Gasteiger partial charge is 0.454 e. The average molecular weight is 397 g/mol. The molecule has 1 aliphatic heterocycles. The Morgan fingerprint density at radius 3 is 2.74 bits per heavy atom. The van der Waals surface area contributed by atoms with Crippen molar-refractivity contribution in [2.75, 3.05) is 19.9 Å². The molecule has 1 aliphatic rings. The fourth-order valence-corrected chi connectivity index (χ4v) is 3.58. The molecule has 0 saturated carbocycles. The lowest BCUT2D eigenvalue weighted by atomic mass is 10.1. The molecule has 0 bridgehead atoms. The molecule has 0 amide bonds. The first-order chi connectivity index (χ1) is 10.6. The minimum absolute atomic E-state index is 0. The van der Waals surface area contributed by atoms with Crippen LogP contribution in [-0.2, 0) is 6.42 Å². The van der Waals surface area contributed by atoms with Crippen LogP contribution in [0.25, 0.3) is 0 Å². The van der Waals surface area contributed by atoms with Gasteiger partial charge in [0.05, 0.1) is 5.02 Å². The predicted molar refractivity (Wildman–Crippen MR) is 95.7 cm³/mol. The quantitative estimate of drug-likeness (QED) is 0.723. The van der Waals surface area contributed by atoms with E-state index in [0.717, 1.165) is 34.9 Å². The highest BCUT2D eigenvalue weighted by Crippen LogP contribution is 2.35. The lowest BCUT2D eigenvalue weighted by molar-refractivity contribution is 0.174. The number of aliphatic hydroxyl groups is 1. The third kappa shape index (κ3) is 4.66. The van der Waals surface area contributed by atoms with Crippen LogP contribution in [0.3, 0.4) is 0 Å². The zero-order valence-corrected chi connectivity index (χ0v) is 15.2. The first kappa shape index (κ1) is 18.6. The van der Waals surface area contributed by atoms with E-state index in [1.165, 1.54) is 11.3 Å². The molecule has 0 fully saturated rings. The van der Waals surface area contributed by atoms with Crippen LogP contribution in [-0.4, -0.2) is 25.0 Å². The van der Waals surface area contributed by atoms with Crippen LogP contribution >= 0.6 is 46.9 Å². The van der Waals surface area contributed by atoms with E-state index in [1.807, 2.05) is 18.2 Å². The molecule has 0 aliphatic carbocycles. The smallest absolute Gasteiger partial charge is 0.231 e. The molecule has 3 rings (SSSR count). The second kappa shape index (κ2) is 8.42. The SMILES string of the molecule is Cl.OC(CNCCc1ccc2c(c1)OCO2)c1cc(Cl)c(Cl)s1. The Balaban J connectivity index is 0.00000192. The summed E-state index contributed by atoms with van der Waals surface area (Å²) in [6.45, 7) is 1.50. The van der Waals surface area contributed by atoms with Gasteiger partial charge < -0.3 is 19.9 Å². The zero-order chi connectivity index (χ0) is 15.5. The number of hydrogen-bond acceptors (Lipinski definition) is 5. The van der Waals surface area contributed by atoms with E-state index in [9.17, 15) is 5.11 Å². The van der Waals surface area contributed by atoms with Crippen molar-refractivity contribution in [3.05, 3.63) is 44.1 Å². The number of rotatable bonds is 6. The number of benzene rings is 1. The molecule has 126 valence electrons. The third-order valence-corrected chi connectivity index (χ3v) is 5.32. The average Bonchev–Trinajstić information content (AvgIpc) is 3.10. The molecule has 1 unspecified atom stereocenters. The Morgan fingerprint density at radius 1 is 1.22 bits per heavy atom. The van der Waals surface area contributed by atoms with Crippen molar-refractivity contribution in [1.29, 1.82) is 0 Å². The summed E-state index contributed by atoms with van der Waals surface area (Å²) in [5, 5.41) is 13.8. The van der Waals surface area contributed by atoms with Gasteiger partial charge in [0.15, 0.2) is 11.5 Å². The van der Waals surface area contributed by atoms with Crippen LogP contribution in [0.15, 0.2) is 24.3 Å². The molecular formula is C15H16Cl3NO3S. The fraction of sp³-hybridized carbons (Fsp3) is 0.333. The number of aliphatic hydroxyl groups excluding tert-OH is 1. The van der Waals surface area contributed by atoms with Gasteiger partial charge in [-0.15, -0.1) is 23.7 Å². The van der Waals surface area contributed by atoms with Crippen molar-refractivity contribution >= 4 is 46.9 Å². The number of thiophene rings is 1. The molecule has 23 heavy (non-hydrogen) atoms. The van der Waals surface area contributed by atoms with E-state index in [2.05, 4.69) is 5.32 Å². The van der Waals surface area contributed by atoms with Gasteiger partial charge in [-0.1, -0.05) is 29.3 Å². The monoisotopic (exact) mass is 395 g/mol. The summed E-state index contributed by atoms with van der Waals surface area (Å²) in [4.78, 5) is 0.769. The van der Waals surface area contributed by atoms with Crippen molar-refractivity contribution in [2.24, 2.45) is 0 Å². The number of fused-ring (bicyclic) bond motifs is 1. The molecule has 0 radical (unpaired) electrons. The predicted octanol–water partition coefficient (Wildman–Crippen LogP) is 4.07. The molecule has 4 nitrogen and oxygen atoms in total. The van der Waals surface area contributed by atoms with Gasteiger partial charge in [0.25, 0.3) is 0 Å². The topological polar surface area (TPSA) is 50.7 Å². The summed E-state index contributed by atoms with van der Waals surface area (Å²) in [6.07, 6.45) is 0.238. The molecule has 1 aromatic carbocycles. The van der Waals surface area contributed by atoms with Crippen molar-refractivity contribution < 1.29 is 14.6 Å². The van der Waals surface area contributed by atoms with Gasteiger partial charge in [-0.25, -0.2) is 0 Å². The van der Waals surface area contributed by atoms with Gasteiger partial charge in [0.1, 0.15) is 10.4 Å². The van der Waals surface area contributed by atoms with Gasteiger partial charge >= 0.3 is 0 Å². The Hall–Kier alpha value is -0.690. The minimum atomic E-state index is -0.605. The molecule has 2 N–H and O–H groups in total. The number of nitrogens with one attached hydrogen (secondary N) is 1. The lowest BCUT2D eigenvalue weighted by Gasteiger charge is -2.10. The zero-order valence-electron chi connectivity index (χ0n) is 12.1. The van der Waals surface area contributed by atoms with Crippen LogP contribution in [0.1, 0.15) is 16.5 Å². The number of halogens is 3. The van der Waals surface area contributed by atoms with E-state index in [-0.39, 0.29) is 19.2 Å². The normalized spacial score (nSPS) is 13.7. The summed E-state index contributed by atoms with van der Waals surface area (Å²) in [6, 6.07) is 7.63. The van der Waals surface area contributed by atoms with Crippen molar-refractivity contribution in [1.82, 2.24) is 5.32 Å². The van der Waals surface area contributed by atoms with Crippen LogP contribution in [0.2, 0.25) is 9.36 Å². The molecular weight excluding hydrogens is 381 g/mol. The van der Waals surface area contributed by atoms with Crippen LogP contribution in [0.4, 0.5) is 0 Å². The Bertz CT molecular complexity index is 646. The van der Waals surface area contributed by atoms with Crippen LogP contribution in [0.5, 0.6) is 11.5 Å². The second-order valence-corrected chi connectivity index (χ2v) is 7.02. The Morgan fingerprint density at radius 2 is 2.00 bits per heavy atom. The van der Waals surface area contributed by atoms with E-state index < -0.39 is 6.10 Å². The van der Waals surface area contributed by atoms with Crippen molar-refractivity contribution in [3.63, 3.8) is 0 Å². The Labute approximate surface area is 154 Å². The first-order valence-electron chi connectivity index (χ1n) is 6.85. The number of hydrogen-bond donors (Lipinski definition) is 2. The summed E-state index contributed by atoms with van der Waals surface area (Å²) in [5.74, 6) is 1.58. The van der Waals surface area contributed by atoms with E-state index in [0.29, 0.717) is 15.9 Å². The summed E-state index contributed by atoms with van der Waals surface area (Å²) in [7, 11) is 0. The van der Waals surface area contributed by atoms with Gasteiger partial charge in [-0.2, -0.15) is 0 Å². The van der Waals surface area contributed by atoms with Crippen LogP contribution in [0, 0.1) is 0 Å². The molecule has 1 atom stereocenters. The van der Waals surface area contributed by atoms with E-state index >= 15 is 0 Å². The van der Waals surface area contributed by atoms with Gasteiger partial charge in [-0.3, -0.25) is 0 Å². The van der Waals surface area contributed by atoms with Crippen molar-refractivity contribution in [3.8, 4) is 11.5 Å². The molecule has 0 spiro atoms. The van der Waals surface area contributed by atoms with Crippen molar-refractivity contribution in [2.45, 2.75) is 12.5 Å². The second-order valence-electron chi connectivity index (χ2n) is 4.93. The van der Waals surface area contributed by atoms with Gasteiger partial charge in [0, 0.05) is 11.4 Å². The number of ether oxygens (including phenoxy) is 2. The van der Waals surface area contributed by atoms with Crippen LogP contribution < -0.4 is 14.8 Å². The Kier molecular flexibility index (Phi) is 6.83. The molecule has 2 aromatic rings. The fourth-order valence-electron chi connectivity index (χ4n) is 2.20. The lowest BCUT2D eigenvalue weighted by Crippen LogP contribution is -2.23.